The Hall–Kier alpha value is -21.2. The van der Waals surface area contributed by atoms with Crippen LogP contribution in [0, 0.1) is 214 Å². The van der Waals surface area contributed by atoms with Gasteiger partial charge in [0.05, 0.1) is 125 Å². The third-order valence-corrected chi connectivity index (χ3v) is 21.0. The minimum atomic E-state index is -1.72. The van der Waals surface area contributed by atoms with E-state index in [0.29, 0.717) is 83.6 Å². The fourth-order valence-corrected chi connectivity index (χ4v) is 14.7. The number of benzene rings is 11. The zero-order chi connectivity index (χ0) is 96.7. The molecule has 2 heterocycles. The smallest absolute Gasteiger partial charge is 0.245 e. The molecule has 0 N–H and O–H groups in total. The predicted molar refractivity (Wildman–Crippen MR) is 475 cm³/mol. The van der Waals surface area contributed by atoms with Crippen LogP contribution in [0.2, 0.25) is 0 Å². The Labute approximate surface area is 757 Å². The molecule has 31 heteroatoms. The topological polar surface area (TPSA) is 321 Å². The molecule has 2 aromatic heterocycles. The van der Waals surface area contributed by atoms with Crippen molar-refractivity contribution in [2.75, 3.05) is 0 Å². The Balaban J connectivity index is 0.000000144. The Morgan fingerprint density at radius 3 is 1.15 bits per heavy atom. The molecule has 0 fully saturated rings. The predicted octanol–water partition coefficient (Wildman–Crippen LogP) is 17.6. The Bertz CT molecular complexity index is 8770. The lowest BCUT2D eigenvalue weighted by atomic mass is 10.00. The molecule has 0 bridgehead atoms. The molecule has 0 radical (unpaired) electrons. The molecule has 0 spiro atoms. The lowest BCUT2D eigenvalue weighted by molar-refractivity contribution is 0.442. The van der Waals surface area contributed by atoms with Gasteiger partial charge in [-0.3, -0.25) is 0 Å². The normalized spacial score (nSPS) is 11.5. The monoisotopic (exact) mass is 1770 g/mol. The van der Waals surface area contributed by atoms with Gasteiger partial charge < -0.3 is 0 Å². The van der Waals surface area contributed by atoms with Crippen molar-refractivity contribution < 1.29 is 39.5 Å². The maximum absolute atomic E-state index is 14.4. The van der Waals surface area contributed by atoms with E-state index in [9.17, 15) is 65.8 Å². The fourth-order valence-electron chi connectivity index (χ4n) is 14.7. The first-order valence-corrected chi connectivity index (χ1v) is 38.6. The molecule has 0 saturated heterocycles. The Morgan fingerprint density at radius 2 is 0.741 bits per heavy atom. The third-order valence-electron chi connectivity index (χ3n) is 21.0. The van der Waals surface area contributed by atoms with Crippen molar-refractivity contribution in [1.29, 1.82) is 47.4 Å². The second kappa shape index (κ2) is 39.6. The van der Waals surface area contributed by atoms with Gasteiger partial charge in [-0.15, -0.1) is 4.95 Å². The number of nitrogens with zero attached hydrogens (tertiary/aromatic N) is 22. The molecule has 2 aliphatic carbocycles. The third kappa shape index (κ3) is 17.1. The number of rotatable bonds is 4. The quantitative estimate of drug-likeness (QED) is 0.0395. The van der Waals surface area contributed by atoms with E-state index < -0.39 is 91.4 Å². The molecular weight excluding hydrogens is 1730 g/mol. The summed E-state index contributed by atoms with van der Waals surface area (Å²) in [6.07, 6.45) is 1.86. The standard InChI is InChI=1S/C24H7F5N4.C24H8N6.C20H8N6.C18H7F4N3.C18H11N3/c1-32-23(14-7-18(25)17(11-31)19(26)8-14)13-5-3-12(4-6-13)16(10-30)15-9-20(27)24(33-2)22(29)21(15)28;1-27-17(11-25)19-13-7-3-5-9-15(13)21-23(19)29-22-16-10-6-4-8-14(16)20(24(22)30-21)18(12-26)28-2;1-22-26-18-14-9-5-4-8-13(14)17-20(18)25-16-12-7-3-2-6-11(12)15(23-10-21)19(16)24-17;1-9-15(19)17(21)14(18(22)16(9)20)12(7-23)10-3-5-11(6-4-10)13(8-24)25-2;1-13-3-5-14(6-4-13)17(11-19)15-7-9-16(10-8-15)18(12-20)21-2/h3-9H;3-10H;2-9H;3-6H,1H3;3-10H,1H3/b;19-17-,20-18+;23-15?,26-18+;;. The van der Waals surface area contributed by atoms with Crippen LogP contribution in [0.4, 0.5) is 45.2 Å². The molecule has 13 aromatic carbocycles. The van der Waals surface area contributed by atoms with Crippen LogP contribution in [-0.2, 0) is 0 Å². The second-order valence-corrected chi connectivity index (χ2v) is 28.3. The fraction of sp³-hybridized carbons (Fsp3) is 0.0192. The van der Waals surface area contributed by atoms with Gasteiger partial charge in [0.2, 0.25) is 11.9 Å². The zero-order valence-corrected chi connectivity index (χ0v) is 68.9. The van der Waals surface area contributed by atoms with Crippen molar-refractivity contribution in [2.24, 2.45) is 10.1 Å². The van der Waals surface area contributed by atoms with E-state index in [1.165, 1.54) is 60.7 Å². The van der Waals surface area contributed by atoms with E-state index in [2.05, 4.69) is 50.2 Å². The Morgan fingerprint density at radius 1 is 0.341 bits per heavy atom. The van der Waals surface area contributed by atoms with E-state index in [0.717, 1.165) is 79.2 Å². The number of aryl methyl sites for hydroxylation is 1. The number of nitriles is 9. The van der Waals surface area contributed by atoms with E-state index in [-0.39, 0.29) is 54.9 Å². The van der Waals surface area contributed by atoms with Gasteiger partial charge in [-0.1, -0.05) is 200 Å². The number of fused-ring (bicyclic) bond motifs is 12. The van der Waals surface area contributed by atoms with Crippen molar-refractivity contribution in [2.45, 2.75) is 13.8 Å². The van der Waals surface area contributed by atoms with Crippen LogP contribution < -0.4 is 42.0 Å². The van der Waals surface area contributed by atoms with Gasteiger partial charge in [0, 0.05) is 54.9 Å². The zero-order valence-electron chi connectivity index (χ0n) is 68.9. The highest BCUT2D eigenvalue weighted by Crippen LogP contribution is 2.50. The first-order chi connectivity index (χ1) is 65.4. The van der Waals surface area contributed by atoms with Gasteiger partial charge in [0.25, 0.3) is 28.5 Å². The van der Waals surface area contributed by atoms with Gasteiger partial charge in [0.15, 0.2) is 40.3 Å². The SMILES string of the molecule is [C-]#[N+]/C(C#N)=C1/c2ccccc2-c2nc3c(nc21)-c1ccccc1/C3=C(/C#N)[N+]#[C-].[C-]#[N+]/N=c1\c2ccccc2c2nc3c(=NC#N)c4ccccc4c3nc12.[C-]#[N+]C(C#N)=c1ccc(=C(C#N)c2c(F)c(F)c(C)c(F)c2F)cc1.[C-]#[N+]C(C#N)=c1ccc(=C(C#N)c2ccc(C)cc2)cc1.[C-]#[N+]C(c1cc(F)c(C#N)c(F)c1)=c1ccc(=C(C#N)c2cc(F)c([N+]#[C-])c(F)c2F)cc1. The molecule has 0 saturated carbocycles. The summed E-state index contributed by atoms with van der Waals surface area (Å²) in [7, 11) is 0. The van der Waals surface area contributed by atoms with Crippen molar-refractivity contribution in [1.82, 2.24) is 19.9 Å². The second-order valence-electron chi connectivity index (χ2n) is 28.3. The van der Waals surface area contributed by atoms with Crippen LogP contribution in [-0.4, -0.2) is 19.9 Å². The lowest BCUT2D eigenvalue weighted by Crippen LogP contribution is -2.15. The van der Waals surface area contributed by atoms with Gasteiger partial charge in [0.1, 0.15) is 63.7 Å². The summed E-state index contributed by atoms with van der Waals surface area (Å²) in [6, 6.07) is 71.4. The first kappa shape index (κ1) is 91.5. The van der Waals surface area contributed by atoms with Gasteiger partial charge in [-0.25, -0.2) is 110 Å². The molecule has 22 nitrogen and oxygen atoms in total. The summed E-state index contributed by atoms with van der Waals surface area (Å²) >= 11 is 0. The van der Waals surface area contributed by atoms with Crippen molar-refractivity contribution >= 4 is 94.3 Å². The van der Waals surface area contributed by atoms with Crippen LogP contribution in [0.25, 0.3) is 145 Å². The maximum Gasteiger partial charge on any atom is 0.271 e. The molecular formula is C104H41F9N22. The Kier molecular flexibility index (Phi) is 26.8. The highest BCUT2D eigenvalue weighted by Gasteiger charge is 2.37. The summed E-state index contributed by atoms with van der Waals surface area (Å²) in [5.41, 5.74) is 4.87. The van der Waals surface area contributed by atoms with Gasteiger partial charge in [-0.05, 0) is 85.6 Å². The van der Waals surface area contributed by atoms with Crippen molar-refractivity contribution in [3.8, 4) is 77.3 Å². The molecule has 630 valence electrons. The molecule has 2 aliphatic rings. The molecule has 0 unspecified atom stereocenters. The van der Waals surface area contributed by atoms with Crippen molar-refractivity contribution in [3.63, 3.8) is 0 Å². The van der Waals surface area contributed by atoms with Gasteiger partial charge >= 0.3 is 0 Å². The lowest BCUT2D eigenvalue weighted by Gasteiger charge is -2.09. The van der Waals surface area contributed by atoms with Crippen molar-refractivity contribution in [3.05, 3.63) is 460 Å². The first-order valence-electron chi connectivity index (χ1n) is 38.6. The highest BCUT2D eigenvalue weighted by molar-refractivity contribution is 6.15. The molecule has 15 aromatic rings. The molecule has 0 amide bonds. The highest BCUT2D eigenvalue weighted by atomic mass is 19.2. The number of aromatic nitrogens is 4. The minimum absolute atomic E-state index is 0.0195. The summed E-state index contributed by atoms with van der Waals surface area (Å²) in [5.74, 6) is -13.4. The number of halogens is 9. The molecule has 0 aliphatic heterocycles. The largest absolute Gasteiger partial charge is 0.271 e. The van der Waals surface area contributed by atoms with Crippen LogP contribution in [0.1, 0.15) is 61.5 Å². The summed E-state index contributed by atoms with van der Waals surface area (Å²) in [4.78, 5) is 45.3. The van der Waals surface area contributed by atoms with E-state index >= 15 is 0 Å². The molecule has 0 atom stereocenters. The van der Waals surface area contributed by atoms with Gasteiger partial charge in [-0.2, -0.15) is 37.9 Å². The van der Waals surface area contributed by atoms with Crippen LogP contribution in [0.15, 0.2) is 234 Å². The van der Waals surface area contributed by atoms with Crippen LogP contribution >= 0.6 is 0 Å². The minimum Gasteiger partial charge on any atom is -0.245 e. The number of allylic oxidation sites excluding steroid dienone is 2. The molecule has 135 heavy (non-hydrogen) atoms. The average Bonchev–Trinajstić information content (AvgIpc) is 1.56. The van der Waals surface area contributed by atoms with E-state index in [4.69, 9.17) is 87.0 Å². The molecule has 17 rings (SSSR count). The average molecular weight is 1770 g/mol. The number of hydrogen-bond donors (Lipinski definition) is 0. The van der Waals surface area contributed by atoms with E-state index in [1.807, 2.05) is 153 Å². The van der Waals surface area contributed by atoms with E-state index in [1.54, 1.807) is 36.4 Å². The summed E-state index contributed by atoms with van der Waals surface area (Å²) in [5, 5.41) is 92.9. The summed E-state index contributed by atoms with van der Waals surface area (Å²) in [6.45, 7) is 52.8. The van der Waals surface area contributed by atoms with Crippen LogP contribution in [0.5, 0.6) is 0 Å². The summed E-state index contributed by atoms with van der Waals surface area (Å²) < 4.78 is 126. The maximum atomic E-state index is 14.4. The van der Waals surface area contributed by atoms with Crippen LogP contribution in [0.3, 0.4) is 0 Å². The number of hydrogen-bond acceptors (Lipinski definition) is 15.